The van der Waals surface area contributed by atoms with Gasteiger partial charge in [-0.3, -0.25) is 9.59 Å². The van der Waals surface area contributed by atoms with Crippen LogP contribution in [0.3, 0.4) is 0 Å². The van der Waals surface area contributed by atoms with Crippen molar-refractivity contribution in [2.45, 2.75) is 13.0 Å². The molecular formula is C13H17FN2O3. The van der Waals surface area contributed by atoms with E-state index in [-0.39, 0.29) is 31.3 Å². The van der Waals surface area contributed by atoms with Crippen molar-refractivity contribution < 1.29 is 18.7 Å². The van der Waals surface area contributed by atoms with E-state index >= 15 is 0 Å². The highest BCUT2D eigenvalue weighted by Crippen LogP contribution is 2.06. The summed E-state index contributed by atoms with van der Waals surface area (Å²) >= 11 is 0. The number of halogens is 1. The van der Waals surface area contributed by atoms with Gasteiger partial charge in [0.1, 0.15) is 5.82 Å². The minimum absolute atomic E-state index is 0.0664. The molecule has 0 aromatic heterocycles. The lowest BCUT2D eigenvalue weighted by atomic mass is 10.1. The molecule has 3 N–H and O–H groups in total. The molecule has 1 aromatic rings. The number of rotatable bonds is 7. The van der Waals surface area contributed by atoms with Gasteiger partial charge >= 0.3 is 0 Å². The third-order valence-corrected chi connectivity index (χ3v) is 2.57. The summed E-state index contributed by atoms with van der Waals surface area (Å²) < 4.78 is 17.6. The zero-order chi connectivity index (χ0) is 14.3. The average Bonchev–Trinajstić information content (AvgIpc) is 2.37. The van der Waals surface area contributed by atoms with Gasteiger partial charge in [0.25, 0.3) is 0 Å². The summed E-state index contributed by atoms with van der Waals surface area (Å²) in [5.74, 6) is -1.81. The smallest absolute Gasteiger partial charge is 0.226 e. The first-order valence-corrected chi connectivity index (χ1v) is 5.82. The SMILES string of the molecule is COCC(CC(N)=O)C(=O)NCc1ccc(F)cc1. The predicted octanol–water partition coefficient (Wildman–Crippen LogP) is 0.580. The average molecular weight is 268 g/mol. The maximum absolute atomic E-state index is 12.7. The highest BCUT2D eigenvalue weighted by Gasteiger charge is 2.20. The van der Waals surface area contributed by atoms with Crippen LogP contribution in [0.4, 0.5) is 4.39 Å². The highest BCUT2D eigenvalue weighted by molar-refractivity contribution is 5.85. The lowest BCUT2D eigenvalue weighted by molar-refractivity contribution is -0.131. The van der Waals surface area contributed by atoms with Crippen molar-refractivity contribution >= 4 is 11.8 Å². The molecule has 5 nitrogen and oxygen atoms in total. The van der Waals surface area contributed by atoms with Crippen molar-refractivity contribution in [3.63, 3.8) is 0 Å². The van der Waals surface area contributed by atoms with Crippen LogP contribution >= 0.6 is 0 Å². The number of methoxy groups -OCH3 is 1. The number of hydrogen-bond acceptors (Lipinski definition) is 3. The van der Waals surface area contributed by atoms with E-state index in [0.717, 1.165) is 5.56 Å². The van der Waals surface area contributed by atoms with Crippen molar-refractivity contribution in [3.05, 3.63) is 35.6 Å². The maximum Gasteiger partial charge on any atom is 0.226 e. The molecule has 0 bridgehead atoms. The second-order valence-electron chi connectivity index (χ2n) is 4.17. The summed E-state index contributed by atoms with van der Waals surface area (Å²) in [4.78, 5) is 22.7. The molecule has 1 unspecified atom stereocenters. The molecule has 1 rings (SSSR count). The molecule has 0 aliphatic heterocycles. The Labute approximate surface area is 110 Å². The summed E-state index contributed by atoms with van der Waals surface area (Å²) in [6.45, 7) is 0.385. The van der Waals surface area contributed by atoms with E-state index in [0.29, 0.717) is 0 Å². The number of carbonyl (C=O) groups excluding carboxylic acids is 2. The quantitative estimate of drug-likeness (QED) is 0.759. The zero-order valence-corrected chi connectivity index (χ0v) is 10.7. The topological polar surface area (TPSA) is 81.4 Å². The maximum atomic E-state index is 12.7. The van der Waals surface area contributed by atoms with Gasteiger partial charge in [0.2, 0.25) is 11.8 Å². The van der Waals surface area contributed by atoms with Crippen molar-refractivity contribution in [3.8, 4) is 0 Å². The molecule has 2 amide bonds. The molecule has 104 valence electrons. The van der Waals surface area contributed by atoms with Crippen molar-refractivity contribution in [1.82, 2.24) is 5.32 Å². The number of nitrogens with two attached hydrogens (primary N) is 1. The minimum atomic E-state index is -0.608. The third kappa shape index (κ3) is 5.48. The second kappa shape index (κ2) is 7.48. The Bertz CT molecular complexity index is 434. The van der Waals surface area contributed by atoms with Gasteiger partial charge in [-0.25, -0.2) is 4.39 Å². The number of nitrogens with one attached hydrogen (secondary N) is 1. The Morgan fingerprint density at radius 1 is 1.37 bits per heavy atom. The van der Waals surface area contributed by atoms with Crippen molar-refractivity contribution in [1.29, 1.82) is 0 Å². The number of ether oxygens (including phenoxy) is 1. The fourth-order valence-electron chi connectivity index (χ4n) is 1.61. The molecule has 0 radical (unpaired) electrons. The summed E-state index contributed by atoms with van der Waals surface area (Å²) in [6, 6.07) is 5.79. The second-order valence-corrected chi connectivity index (χ2v) is 4.17. The fraction of sp³-hybridized carbons (Fsp3) is 0.385. The number of carbonyl (C=O) groups is 2. The molecule has 1 aromatic carbocycles. The van der Waals surface area contributed by atoms with Crippen LogP contribution in [0.25, 0.3) is 0 Å². The highest BCUT2D eigenvalue weighted by atomic mass is 19.1. The fourth-order valence-corrected chi connectivity index (χ4v) is 1.61. The Morgan fingerprint density at radius 2 is 2.00 bits per heavy atom. The molecule has 0 saturated heterocycles. The molecule has 6 heteroatoms. The van der Waals surface area contributed by atoms with Crippen LogP contribution in [0.2, 0.25) is 0 Å². The normalized spacial score (nSPS) is 11.9. The predicted molar refractivity (Wildman–Crippen MR) is 67.4 cm³/mol. The monoisotopic (exact) mass is 268 g/mol. The lowest BCUT2D eigenvalue weighted by Crippen LogP contribution is -2.35. The van der Waals surface area contributed by atoms with E-state index in [4.69, 9.17) is 10.5 Å². The third-order valence-electron chi connectivity index (χ3n) is 2.57. The van der Waals surface area contributed by atoms with Crippen LogP contribution in [0.5, 0.6) is 0 Å². The standard InChI is InChI=1S/C13H17FN2O3/c1-19-8-10(6-12(15)17)13(18)16-7-9-2-4-11(14)5-3-9/h2-5,10H,6-8H2,1H3,(H2,15,17)(H,16,18). The molecule has 0 spiro atoms. The Balaban J connectivity index is 2.51. The Kier molecular flexibility index (Phi) is 5.95. The summed E-state index contributed by atoms with van der Waals surface area (Å²) in [5.41, 5.74) is 5.84. The lowest BCUT2D eigenvalue weighted by Gasteiger charge is -2.14. The molecule has 0 fully saturated rings. The van der Waals surface area contributed by atoms with E-state index in [1.165, 1.54) is 19.2 Å². The van der Waals surface area contributed by atoms with Crippen LogP contribution in [0.15, 0.2) is 24.3 Å². The van der Waals surface area contributed by atoms with Gasteiger partial charge in [0.15, 0.2) is 0 Å². The van der Waals surface area contributed by atoms with E-state index in [1.54, 1.807) is 12.1 Å². The first kappa shape index (κ1) is 15.1. The van der Waals surface area contributed by atoms with E-state index < -0.39 is 11.8 Å². The van der Waals surface area contributed by atoms with Crippen LogP contribution in [0, 0.1) is 11.7 Å². The number of primary amides is 1. The number of benzene rings is 1. The van der Waals surface area contributed by atoms with Gasteiger partial charge < -0.3 is 15.8 Å². The van der Waals surface area contributed by atoms with E-state index in [1.807, 2.05) is 0 Å². The van der Waals surface area contributed by atoms with Gasteiger partial charge in [-0.15, -0.1) is 0 Å². The molecule has 0 heterocycles. The Hall–Kier alpha value is -1.95. The summed E-state index contributed by atoms with van der Waals surface area (Å²) in [6.07, 6.45) is -0.0664. The van der Waals surface area contributed by atoms with Crippen LogP contribution in [0.1, 0.15) is 12.0 Å². The first-order valence-electron chi connectivity index (χ1n) is 5.82. The van der Waals surface area contributed by atoms with E-state index in [2.05, 4.69) is 5.32 Å². The van der Waals surface area contributed by atoms with Crippen molar-refractivity contribution in [2.24, 2.45) is 11.7 Å². The molecule has 0 aliphatic carbocycles. The van der Waals surface area contributed by atoms with Crippen LogP contribution < -0.4 is 11.1 Å². The minimum Gasteiger partial charge on any atom is -0.384 e. The summed E-state index contributed by atoms with van der Waals surface area (Å²) in [5, 5.41) is 2.66. The van der Waals surface area contributed by atoms with Gasteiger partial charge in [0.05, 0.1) is 12.5 Å². The van der Waals surface area contributed by atoms with Gasteiger partial charge in [-0.05, 0) is 17.7 Å². The van der Waals surface area contributed by atoms with Gasteiger partial charge in [-0.1, -0.05) is 12.1 Å². The molecule has 1 atom stereocenters. The largest absolute Gasteiger partial charge is 0.384 e. The van der Waals surface area contributed by atoms with Crippen molar-refractivity contribution in [2.75, 3.05) is 13.7 Å². The first-order chi connectivity index (χ1) is 9.02. The van der Waals surface area contributed by atoms with Gasteiger partial charge in [0, 0.05) is 20.1 Å². The number of hydrogen-bond donors (Lipinski definition) is 2. The van der Waals surface area contributed by atoms with Crippen LogP contribution in [-0.2, 0) is 20.9 Å². The molecule has 0 saturated carbocycles. The Morgan fingerprint density at radius 3 is 2.53 bits per heavy atom. The summed E-state index contributed by atoms with van der Waals surface area (Å²) in [7, 11) is 1.45. The zero-order valence-electron chi connectivity index (χ0n) is 10.7. The van der Waals surface area contributed by atoms with Crippen LogP contribution in [-0.4, -0.2) is 25.5 Å². The van der Waals surface area contributed by atoms with E-state index in [9.17, 15) is 14.0 Å². The molecule has 19 heavy (non-hydrogen) atoms. The molecular weight excluding hydrogens is 251 g/mol. The number of amides is 2. The van der Waals surface area contributed by atoms with Gasteiger partial charge in [-0.2, -0.15) is 0 Å². The molecule has 0 aliphatic rings.